The highest BCUT2D eigenvalue weighted by molar-refractivity contribution is 7.52. The van der Waals surface area contributed by atoms with Crippen molar-refractivity contribution in [2.45, 2.75) is 135 Å². The van der Waals surface area contributed by atoms with Crippen LogP contribution in [0.15, 0.2) is 67.0 Å². The number of aromatic nitrogens is 4. The molecule has 1 saturated heterocycles. The van der Waals surface area contributed by atoms with Crippen molar-refractivity contribution in [2.75, 3.05) is 18.9 Å². The molecule has 330 valence electrons. The highest BCUT2D eigenvalue weighted by Gasteiger charge is 2.53. The number of halogens is 1. The van der Waals surface area contributed by atoms with Crippen molar-refractivity contribution in [2.24, 2.45) is 5.92 Å². The van der Waals surface area contributed by atoms with Gasteiger partial charge in [-0.2, -0.15) is 19.4 Å². The van der Waals surface area contributed by atoms with E-state index in [0.717, 1.165) is 37.7 Å². The molecule has 0 bridgehead atoms. The average Bonchev–Trinajstić information content (AvgIpc) is 3.85. The number of anilines is 1. The third kappa shape index (κ3) is 13.6. The van der Waals surface area contributed by atoms with E-state index < -0.39 is 56.3 Å². The molecule has 3 heterocycles. The highest BCUT2D eigenvalue weighted by Crippen LogP contribution is 2.49. The molecule has 5 atom stereocenters. The Morgan fingerprint density at radius 3 is 2.31 bits per heavy atom. The molecule has 61 heavy (non-hydrogen) atoms. The Kier molecular flexibility index (Phi) is 18.1. The molecule has 0 radical (unpaired) electrons. The van der Waals surface area contributed by atoms with Crippen LogP contribution in [-0.4, -0.2) is 62.4 Å². The zero-order chi connectivity index (χ0) is 43.7. The van der Waals surface area contributed by atoms with Crippen molar-refractivity contribution < 1.29 is 41.8 Å². The lowest BCUT2D eigenvalue weighted by atomic mass is 9.98. The van der Waals surface area contributed by atoms with Crippen LogP contribution in [0.5, 0.6) is 5.75 Å². The maximum atomic E-state index is 15.1. The Balaban J connectivity index is 1.41. The van der Waals surface area contributed by atoms with Gasteiger partial charge in [-0.25, -0.2) is 9.55 Å². The van der Waals surface area contributed by atoms with E-state index in [9.17, 15) is 14.0 Å². The van der Waals surface area contributed by atoms with E-state index >= 15 is 4.57 Å². The van der Waals surface area contributed by atoms with Gasteiger partial charge in [0.25, 0.3) is 0 Å². The van der Waals surface area contributed by atoms with Gasteiger partial charge in [0.1, 0.15) is 30.7 Å². The number of carbonyl (C=O) groups excluding carboxylic acids is 2. The SMILES string of the molecule is C#C[C@]1(CO[P@@](=O)(N[C@@H](Cc2ccccc2)C(=O)OCC(CC)CC)Oc2ccccc2)O[C@@H](n2cnc3c(N)nc(F)nc32)C[C@@H]1OC(=O)CCCCCCCCCCC. The summed E-state index contributed by atoms with van der Waals surface area (Å²) in [5.41, 5.74) is 5.00. The molecule has 14 nitrogen and oxygen atoms in total. The van der Waals surface area contributed by atoms with Gasteiger partial charge in [0.15, 0.2) is 22.6 Å². The summed E-state index contributed by atoms with van der Waals surface area (Å²) in [7, 11) is -4.56. The van der Waals surface area contributed by atoms with Crippen molar-refractivity contribution in [1.82, 2.24) is 24.6 Å². The molecule has 0 spiro atoms. The molecule has 1 aliphatic rings. The number of unbranched alkanes of at least 4 members (excludes halogenated alkanes) is 8. The minimum Gasteiger partial charge on any atom is -0.464 e. The Labute approximate surface area is 358 Å². The number of nitrogen functional groups attached to an aromatic ring is 1. The Bertz CT molecular complexity index is 2080. The first-order valence-corrected chi connectivity index (χ1v) is 23.0. The van der Waals surface area contributed by atoms with Gasteiger partial charge in [-0.3, -0.25) is 18.7 Å². The lowest BCUT2D eigenvalue weighted by Crippen LogP contribution is -2.46. The number of rotatable bonds is 26. The number of esters is 2. The summed E-state index contributed by atoms with van der Waals surface area (Å²) in [6, 6.07) is 16.3. The van der Waals surface area contributed by atoms with Crippen molar-refractivity contribution in [1.29, 1.82) is 0 Å². The second-order valence-electron chi connectivity index (χ2n) is 15.5. The van der Waals surface area contributed by atoms with Crippen LogP contribution in [0.3, 0.4) is 0 Å². The second kappa shape index (κ2) is 23.4. The van der Waals surface area contributed by atoms with Gasteiger partial charge < -0.3 is 24.5 Å². The number of nitrogens with two attached hydrogens (primary N) is 1. The average molecular weight is 863 g/mol. The van der Waals surface area contributed by atoms with Crippen LogP contribution in [0.4, 0.5) is 10.2 Å². The minimum atomic E-state index is -4.56. The molecule has 0 unspecified atom stereocenters. The molecule has 2 aromatic carbocycles. The smallest absolute Gasteiger partial charge is 0.459 e. The van der Waals surface area contributed by atoms with Crippen LogP contribution in [0.25, 0.3) is 11.2 Å². The van der Waals surface area contributed by atoms with Crippen LogP contribution in [0.2, 0.25) is 0 Å². The third-order valence-corrected chi connectivity index (χ3v) is 12.5. The van der Waals surface area contributed by atoms with E-state index in [1.807, 2.05) is 44.2 Å². The highest BCUT2D eigenvalue weighted by atomic mass is 31.2. The zero-order valence-electron chi connectivity index (χ0n) is 35.5. The predicted octanol–water partition coefficient (Wildman–Crippen LogP) is 9.06. The van der Waals surface area contributed by atoms with Gasteiger partial charge in [0.2, 0.25) is 0 Å². The molecular formula is C45H60FN6O8P. The van der Waals surface area contributed by atoms with Crippen LogP contribution >= 0.6 is 7.75 Å². The summed E-state index contributed by atoms with van der Waals surface area (Å²) in [6.45, 7) is 5.78. The van der Waals surface area contributed by atoms with Crippen LogP contribution in [-0.2, 0) is 39.3 Å². The number of nitrogens with zero attached hydrogens (tertiary/aromatic N) is 4. The molecule has 5 rings (SSSR count). The molecule has 1 fully saturated rings. The number of hydrogen-bond donors (Lipinski definition) is 2. The fourth-order valence-corrected chi connectivity index (χ4v) is 8.73. The van der Waals surface area contributed by atoms with E-state index in [1.54, 1.807) is 30.3 Å². The number of imidazole rings is 1. The first kappa shape index (κ1) is 47.2. The first-order chi connectivity index (χ1) is 29.5. The summed E-state index contributed by atoms with van der Waals surface area (Å²) in [6.07, 6.45) is 15.8. The lowest BCUT2D eigenvalue weighted by molar-refractivity contribution is -0.158. The maximum absolute atomic E-state index is 15.1. The standard InChI is InChI=1S/C45H60FN6O8P/c1-5-9-10-11-12-13-14-15-22-27-39(53)58-37-29-38(52-32-48-40-41(47)49-44(46)50-42(40)52)59-45(37,8-4)31-57-61(55,60-35-25-20-17-21-26-35)51-36(28-34-23-18-16-19-24-34)43(54)56-30-33(6-2)7-3/h4,16-21,23-26,32-33,36-38H,5-7,9-15,22,27-31H2,1-3H3,(H,51,55)(H2,47,49,50)/t36-,37-,38+,45+,61-/m0/s1. The van der Waals surface area contributed by atoms with Gasteiger partial charge in [-0.05, 0) is 36.5 Å². The molecule has 0 saturated carbocycles. The molecule has 0 amide bonds. The Morgan fingerprint density at radius 1 is 1.00 bits per heavy atom. The fraction of sp³-hybridized carbons (Fsp3) is 0.533. The summed E-state index contributed by atoms with van der Waals surface area (Å²) >= 11 is 0. The summed E-state index contributed by atoms with van der Waals surface area (Å²) < 4.78 is 61.5. The second-order valence-corrected chi connectivity index (χ2v) is 17.2. The topological polar surface area (TPSA) is 179 Å². The van der Waals surface area contributed by atoms with Crippen LogP contribution in [0, 0.1) is 24.3 Å². The van der Waals surface area contributed by atoms with E-state index in [-0.39, 0.29) is 54.5 Å². The Morgan fingerprint density at radius 2 is 1.66 bits per heavy atom. The number of benzene rings is 2. The number of terminal acetylenes is 1. The van der Waals surface area contributed by atoms with Gasteiger partial charge >= 0.3 is 25.8 Å². The summed E-state index contributed by atoms with van der Waals surface area (Å²) in [5, 5.41) is 2.86. The Hall–Kier alpha value is -4.87. The van der Waals surface area contributed by atoms with Crippen molar-refractivity contribution in [3.8, 4) is 18.1 Å². The first-order valence-electron chi connectivity index (χ1n) is 21.5. The molecule has 2 aromatic heterocycles. The van der Waals surface area contributed by atoms with Gasteiger partial charge in [0, 0.05) is 12.8 Å². The number of hydrogen-bond acceptors (Lipinski definition) is 12. The zero-order valence-corrected chi connectivity index (χ0v) is 36.4. The molecule has 4 aromatic rings. The maximum Gasteiger partial charge on any atom is 0.459 e. The number of fused-ring (bicyclic) bond motifs is 1. The third-order valence-electron chi connectivity index (χ3n) is 10.9. The van der Waals surface area contributed by atoms with Gasteiger partial charge in [0.05, 0.1) is 12.9 Å². The number of nitrogens with one attached hydrogen (secondary N) is 1. The van der Waals surface area contributed by atoms with Gasteiger partial charge in [-0.15, -0.1) is 6.42 Å². The molecular weight excluding hydrogens is 803 g/mol. The molecule has 1 aliphatic heterocycles. The lowest BCUT2D eigenvalue weighted by Gasteiger charge is -2.31. The molecule has 16 heteroatoms. The van der Waals surface area contributed by atoms with Gasteiger partial charge in [-0.1, -0.05) is 139 Å². The molecule has 3 N–H and O–H groups in total. The number of carbonyl (C=O) groups is 2. The fourth-order valence-electron chi connectivity index (χ4n) is 7.21. The quantitative estimate of drug-likeness (QED) is 0.0201. The minimum absolute atomic E-state index is 0.0268. The molecule has 0 aliphatic carbocycles. The van der Waals surface area contributed by atoms with Crippen molar-refractivity contribution in [3.63, 3.8) is 0 Å². The normalized spacial score (nSPS) is 19.0. The summed E-state index contributed by atoms with van der Waals surface area (Å²) in [4.78, 5) is 39.0. The number of para-hydroxylation sites is 1. The van der Waals surface area contributed by atoms with E-state index in [2.05, 4.69) is 32.9 Å². The van der Waals surface area contributed by atoms with Crippen LogP contribution < -0.4 is 15.3 Å². The van der Waals surface area contributed by atoms with E-state index in [0.29, 0.717) is 6.42 Å². The van der Waals surface area contributed by atoms with Crippen molar-refractivity contribution in [3.05, 3.63) is 78.6 Å². The predicted molar refractivity (Wildman–Crippen MR) is 230 cm³/mol. The van der Waals surface area contributed by atoms with Crippen molar-refractivity contribution >= 4 is 36.7 Å². The van der Waals surface area contributed by atoms with Crippen LogP contribution in [0.1, 0.15) is 116 Å². The van der Waals surface area contributed by atoms with E-state index in [1.165, 1.54) is 43.0 Å². The van der Waals surface area contributed by atoms with E-state index in [4.69, 9.17) is 35.4 Å². The largest absolute Gasteiger partial charge is 0.464 e. The number of ether oxygens (including phenoxy) is 3. The monoisotopic (exact) mass is 862 g/mol. The summed E-state index contributed by atoms with van der Waals surface area (Å²) in [5.74, 6) is 1.60.